The van der Waals surface area contributed by atoms with E-state index < -0.39 is 36.5 Å². The van der Waals surface area contributed by atoms with Crippen molar-refractivity contribution >= 4 is 35.7 Å². The van der Waals surface area contributed by atoms with Gasteiger partial charge in [-0.1, -0.05) is 0 Å². The smallest absolute Gasteiger partial charge is 0.297 e. The first-order valence-corrected chi connectivity index (χ1v) is 10.9. The first-order chi connectivity index (χ1) is 12.5. The van der Waals surface area contributed by atoms with Gasteiger partial charge in [-0.2, -0.15) is 13.2 Å². The summed E-state index contributed by atoms with van der Waals surface area (Å²) in [5.41, 5.74) is 0.950. The number of hydroxylamine groups is 1. The van der Waals surface area contributed by atoms with Crippen molar-refractivity contribution in [3.05, 3.63) is 46.7 Å². The van der Waals surface area contributed by atoms with Gasteiger partial charge in [0.15, 0.2) is 4.64 Å². The van der Waals surface area contributed by atoms with Crippen LogP contribution in [-0.2, 0) is 40.7 Å². The molecule has 9 nitrogen and oxygen atoms in total. The molecule has 14 heteroatoms. The van der Waals surface area contributed by atoms with Gasteiger partial charge in [0.05, 0.1) is 0 Å². The van der Waals surface area contributed by atoms with E-state index in [1.165, 1.54) is 26.1 Å². The topological polar surface area (TPSA) is 123 Å². The molecule has 0 aliphatic heterocycles. The average molecular weight is 473 g/mol. The number of aromatic nitrogens is 2. The minimum atomic E-state index is -4.55. The zero-order valence-corrected chi connectivity index (χ0v) is 16.6. The van der Waals surface area contributed by atoms with Crippen molar-refractivity contribution in [2.75, 3.05) is 0 Å². The molecule has 0 saturated heterocycles. The molecule has 0 bridgehead atoms. The maximum Gasteiger partial charge on any atom is 0.420 e. The zero-order chi connectivity index (χ0) is 20.7. The fraction of sp³-hybridized carbons (Fsp3) is 0.231. The molecule has 0 aliphatic carbocycles. The quantitative estimate of drug-likeness (QED) is 0.263. The Kier molecular flexibility index (Phi) is 8.31. The van der Waals surface area contributed by atoms with Gasteiger partial charge >= 0.3 is 94.8 Å². The van der Waals surface area contributed by atoms with Gasteiger partial charge in [-0.3, -0.25) is 9.78 Å². The van der Waals surface area contributed by atoms with Crippen molar-refractivity contribution in [3.63, 3.8) is 0 Å². The summed E-state index contributed by atoms with van der Waals surface area (Å²) in [4.78, 5) is 10.6. The standard InChI is InChI=1S/C8H10AsNO5.C5H5F3N2OS/c1-7(11)10-14-9(12,15-13)8-5-3-2-4-6-8;1-10-2-3(5(6,7)8)4(9-10)12-11/h2-6,13H,1H3,(H,10,11);2,9H,1H3. The summed E-state index contributed by atoms with van der Waals surface area (Å²) in [6.45, 7) is 1.18. The van der Waals surface area contributed by atoms with E-state index in [2.05, 4.69) is 12.8 Å². The number of halogens is 3. The number of aryl methyl sites for hydroxylation is 1. The molecule has 2 aromatic rings. The molecule has 1 aromatic heterocycles. The van der Waals surface area contributed by atoms with Gasteiger partial charge in [0.25, 0.3) is 0 Å². The SMILES string of the molecule is CC(=O)NO[As](=O)(OO)c1ccccc1.Cn1cc(C(F)(F)F)c(=S=O)[nH]1. The molecule has 0 saturated carbocycles. The summed E-state index contributed by atoms with van der Waals surface area (Å²) in [5, 5.41) is 10.8. The molecule has 1 amide bonds. The van der Waals surface area contributed by atoms with Crippen LogP contribution in [-0.4, -0.2) is 39.3 Å². The van der Waals surface area contributed by atoms with Crippen molar-refractivity contribution in [1.82, 2.24) is 15.3 Å². The summed E-state index contributed by atoms with van der Waals surface area (Å²) in [6.07, 6.45) is -3.63. The summed E-state index contributed by atoms with van der Waals surface area (Å²) in [7, 11) is 1.38. The molecule has 1 aromatic carbocycles. The second-order valence-electron chi connectivity index (χ2n) is 4.84. The van der Waals surface area contributed by atoms with Crippen molar-refractivity contribution in [1.29, 1.82) is 0 Å². The van der Waals surface area contributed by atoms with Crippen molar-refractivity contribution in [2.45, 2.75) is 13.1 Å². The molecule has 150 valence electrons. The van der Waals surface area contributed by atoms with E-state index >= 15 is 0 Å². The van der Waals surface area contributed by atoms with Gasteiger partial charge in [-0.15, -0.1) is 0 Å². The Bertz CT molecular complexity index is 908. The molecule has 2 rings (SSSR count). The third-order valence-corrected chi connectivity index (χ3v) is 6.30. The number of aromatic amines is 1. The van der Waals surface area contributed by atoms with Gasteiger partial charge in [0.1, 0.15) is 16.8 Å². The van der Waals surface area contributed by atoms with E-state index in [1.54, 1.807) is 18.2 Å². The van der Waals surface area contributed by atoms with Crippen LogP contribution in [0.25, 0.3) is 0 Å². The number of hydrogen-bond acceptors (Lipinski definition) is 6. The van der Waals surface area contributed by atoms with Gasteiger partial charge in [-0.25, -0.2) is 4.21 Å². The molecule has 0 aliphatic rings. The van der Waals surface area contributed by atoms with E-state index in [1.807, 2.05) is 5.48 Å². The first-order valence-electron chi connectivity index (χ1n) is 6.93. The van der Waals surface area contributed by atoms with E-state index in [9.17, 15) is 25.9 Å². The normalized spacial score (nSPS) is 13.1. The van der Waals surface area contributed by atoms with Crippen LogP contribution >= 0.6 is 0 Å². The van der Waals surface area contributed by atoms with Crippen LogP contribution in [0.4, 0.5) is 13.2 Å². The monoisotopic (exact) mass is 473 g/mol. The van der Waals surface area contributed by atoms with E-state index in [0.717, 1.165) is 10.9 Å². The predicted octanol–water partition coefficient (Wildman–Crippen LogP) is 0.937. The Labute approximate surface area is 157 Å². The fourth-order valence-corrected chi connectivity index (χ4v) is 4.20. The molecule has 0 spiro atoms. The van der Waals surface area contributed by atoms with Crippen molar-refractivity contribution in [3.8, 4) is 0 Å². The molecule has 1 heterocycles. The number of nitrogens with zero attached hydrogens (tertiary/aromatic N) is 1. The van der Waals surface area contributed by atoms with Gasteiger partial charge in [0.2, 0.25) is 0 Å². The Morgan fingerprint density at radius 1 is 1.33 bits per heavy atom. The number of hydrogen-bond donors (Lipinski definition) is 3. The Morgan fingerprint density at radius 2 is 1.93 bits per heavy atom. The molecule has 0 fully saturated rings. The van der Waals surface area contributed by atoms with Crippen LogP contribution in [0.2, 0.25) is 0 Å². The molecular weight excluding hydrogens is 458 g/mol. The van der Waals surface area contributed by atoms with Gasteiger partial charge in [-0.05, 0) is 0 Å². The van der Waals surface area contributed by atoms with Crippen LogP contribution in [0.5, 0.6) is 0 Å². The minimum absolute atomic E-state index is 0.201. The number of rotatable bonds is 4. The largest absolute Gasteiger partial charge is 0.420 e. The minimum Gasteiger partial charge on any atom is -0.297 e. The van der Waals surface area contributed by atoms with E-state index in [4.69, 9.17) is 5.26 Å². The second-order valence-corrected chi connectivity index (χ2v) is 9.31. The van der Waals surface area contributed by atoms with E-state index in [-0.39, 0.29) is 15.6 Å². The van der Waals surface area contributed by atoms with Crippen LogP contribution in [0.3, 0.4) is 0 Å². The van der Waals surface area contributed by atoms with Crippen LogP contribution in [0, 0.1) is 4.64 Å². The Morgan fingerprint density at radius 3 is 2.33 bits per heavy atom. The van der Waals surface area contributed by atoms with Crippen LogP contribution in [0.15, 0.2) is 36.5 Å². The summed E-state index contributed by atoms with van der Waals surface area (Å²) in [6, 6.07) is 7.87. The first kappa shape index (κ1) is 23.0. The maximum absolute atomic E-state index is 12.1. The van der Waals surface area contributed by atoms with Gasteiger partial charge < -0.3 is 0 Å². The van der Waals surface area contributed by atoms with Crippen molar-refractivity contribution < 1.29 is 38.9 Å². The molecule has 1 atom stereocenters. The Balaban J connectivity index is 0.000000277. The fourth-order valence-electron chi connectivity index (χ4n) is 1.62. The maximum atomic E-state index is 12.1. The third-order valence-electron chi connectivity index (χ3n) is 2.72. The summed E-state index contributed by atoms with van der Waals surface area (Å²) in [5.74, 6) is -0.537. The number of nitrogens with one attached hydrogen (secondary N) is 2. The van der Waals surface area contributed by atoms with E-state index in [0.29, 0.717) is 0 Å². The number of amides is 1. The van der Waals surface area contributed by atoms with Gasteiger partial charge in [0, 0.05) is 13.2 Å². The number of carbonyl (C=O) groups excluding carboxylic acids is 1. The number of alkyl halides is 3. The zero-order valence-electron chi connectivity index (χ0n) is 13.9. The molecule has 1 unspecified atom stereocenters. The Hall–Kier alpha value is -2.05. The molecular formula is C13H15AsF3N3O6S. The third kappa shape index (κ3) is 6.88. The van der Waals surface area contributed by atoms with Crippen LogP contribution in [0.1, 0.15) is 12.5 Å². The average Bonchev–Trinajstić information content (AvgIpc) is 3.02. The summed E-state index contributed by atoms with van der Waals surface area (Å²) < 4.78 is 67.5. The summed E-state index contributed by atoms with van der Waals surface area (Å²) >= 11 is -4.76. The van der Waals surface area contributed by atoms with Crippen LogP contribution < -0.4 is 9.83 Å². The molecule has 27 heavy (non-hydrogen) atoms. The number of carbonyl (C=O) groups is 1. The number of benzene rings is 1. The second kappa shape index (κ2) is 9.76. The molecule has 0 radical (unpaired) electrons. The predicted molar refractivity (Wildman–Crippen MR) is 87.3 cm³/mol. The molecule has 3 N–H and O–H groups in total. The number of H-pyrrole nitrogens is 1. The van der Waals surface area contributed by atoms with Crippen molar-refractivity contribution in [2.24, 2.45) is 7.05 Å².